The summed E-state index contributed by atoms with van der Waals surface area (Å²) in [6, 6.07) is 5.88. The Morgan fingerprint density at radius 1 is 1.43 bits per heavy atom. The lowest BCUT2D eigenvalue weighted by Gasteiger charge is -2.34. The summed E-state index contributed by atoms with van der Waals surface area (Å²) in [5.41, 5.74) is 0.630. The van der Waals surface area contributed by atoms with Crippen LogP contribution in [0.3, 0.4) is 0 Å². The number of ether oxygens (including phenoxy) is 1. The minimum absolute atomic E-state index is 0.294. The van der Waals surface area contributed by atoms with Crippen LogP contribution in [0.15, 0.2) is 24.3 Å². The Morgan fingerprint density at radius 2 is 2.14 bits per heavy atom. The van der Waals surface area contributed by atoms with Gasteiger partial charge in [-0.15, -0.1) is 0 Å². The van der Waals surface area contributed by atoms with Crippen molar-refractivity contribution in [1.29, 1.82) is 0 Å². The van der Waals surface area contributed by atoms with E-state index in [1.54, 1.807) is 31.2 Å². The highest BCUT2D eigenvalue weighted by molar-refractivity contribution is 6.30. The smallest absolute Gasteiger partial charge is 0.330 e. The lowest BCUT2D eigenvalue weighted by molar-refractivity contribution is -0.148. The second-order valence-electron chi connectivity index (χ2n) is 4.60. The molecule has 2 amide bonds. The van der Waals surface area contributed by atoms with Gasteiger partial charge in [-0.1, -0.05) is 11.6 Å². The van der Waals surface area contributed by atoms with Crippen LogP contribution in [0.25, 0.3) is 0 Å². The molecule has 0 spiro atoms. The van der Waals surface area contributed by atoms with Crippen LogP contribution < -0.4 is 10.6 Å². The number of halogens is 1. The fourth-order valence-electron chi connectivity index (χ4n) is 2.12. The van der Waals surface area contributed by atoms with Gasteiger partial charge >= 0.3 is 12.0 Å². The molecule has 0 aromatic heterocycles. The third-order valence-electron chi connectivity index (χ3n) is 3.16. The molecule has 114 valence electrons. The number of hydrogen-bond donors (Lipinski definition) is 2. The van der Waals surface area contributed by atoms with Crippen LogP contribution >= 0.6 is 11.6 Å². The van der Waals surface area contributed by atoms with E-state index in [0.717, 1.165) is 0 Å². The largest absolute Gasteiger partial charge is 0.464 e. The maximum Gasteiger partial charge on any atom is 0.330 e. The third-order valence-corrected chi connectivity index (χ3v) is 3.41. The number of benzene rings is 1. The summed E-state index contributed by atoms with van der Waals surface area (Å²) in [6.45, 7) is 3.52. The first-order valence-corrected chi connectivity index (χ1v) is 7.20. The average Bonchev–Trinajstić information content (AvgIpc) is 2.50. The molecular weight excluding hydrogens is 294 g/mol. The van der Waals surface area contributed by atoms with E-state index in [9.17, 15) is 9.59 Å². The van der Waals surface area contributed by atoms with Gasteiger partial charge in [-0.25, -0.2) is 9.59 Å². The van der Waals surface area contributed by atoms with E-state index in [1.807, 2.05) is 0 Å². The van der Waals surface area contributed by atoms with Gasteiger partial charge in [0.15, 0.2) is 0 Å². The Bertz CT molecular complexity index is 507. The molecule has 1 fully saturated rings. The zero-order valence-electron chi connectivity index (χ0n) is 11.8. The number of hydrogen-bond acceptors (Lipinski definition) is 4. The standard InChI is InChI=1S/C14H18ClN3O3/c1-2-21-13(19)12-9-16-7-8-18(12)14(20)17-11-5-3-10(15)4-6-11/h3-6,12,16H,2,7-9H2,1H3,(H,17,20). The monoisotopic (exact) mass is 311 g/mol. The average molecular weight is 312 g/mol. The third kappa shape index (κ3) is 4.09. The summed E-state index contributed by atoms with van der Waals surface area (Å²) in [5.74, 6) is -0.393. The molecule has 1 atom stereocenters. The van der Waals surface area contributed by atoms with E-state index in [1.165, 1.54) is 4.90 Å². The first kappa shape index (κ1) is 15.6. The van der Waals surface area contributed by atoms with Gasteiger partial charge in [0.25, 0.3) is 0 Å². The molecular formula is C14H18ClN3O3. The van der Waals surface area contributed by atoms with Crippen LogP contribution in [0.4, 0.5) is 10.5 Å². The van der Waals surface area contributed by atoms with Gasteiger partial charge in [-0.2, -0.15) is 0 Å². The maximum absolute atomic E-state index is 12.3. The van der Waals surface area contributed by atoms with Crippen LogP contribution in [-0.2, 0) is 9.53 Å². The quantitative estimate of drug-likeness (QED) is 0.834. The van der Waals surface area contributed by atoms with Gasteiger partial charge in [0.2, 0.25) is 0 Å². The molecule has 2 N–H and O–H groups in total. The molecule has 6 nitrogen and oxygen atoms in total. The predicted molar refractivity (Wildman–Crippen MR) is 80.5 cm³/mol. The molecule has 1 aliphatic rings. The number of urea groups is 1. The number of carbonyl (C=O) groups is 2. The number of nitrogens with one attached hydrogen (secondary N) is 2. The highest BCUT2D eigenvalue weighted by Gasteiger charge is 2.33. The summed E-state index contributed by atoms with van der Waals surface area (Å²) >= 11 is 5.80. The highest BCUT2D eigenvalue weighted by Crippen LogP contribution is 2.15. The first-order chi connectivity index (χ1) is 10.1. The number of amides is 2. The molecule has 2 rings (SSSR count). The van der Waals surface area contributed by atoms with Crippen molar-refractivity contribution in [3.05, 3.63) is 29.3 Å². The van der Waals surface area contributed by atoms with E-state index < -0.39 is 12.0 Å². The van der Waals surface area contributed by atoms with Gasteiger partial charge in [0.05, 0.1) is 6.61 Å². The first-order valence-electron chi connectivity index (χ1n) is 6.82. The topological polar surface area (TPSA) is 70.7 Å². The molecule has 0 aliphatic carbocycles. The normalized spacial score (nSPS) is 18.2. The maximum atomic E-state index is 12.3. The van der Waals surface area contributed by atoms with Gasteiger partial charge in [0.1, 0.15) is 6.04 Å². The molecule has 1 saturated heterocycles. The van der Waals surface area contributed by atoms with Crippen LogP contribution in [0.5, 0.6) is 0 Å². The summed E-state index contributed by atoms with van der Waals surface area (Å²) in [7, 11) is 0. The minimum Gasteiger partial charge on any atom is -0.464 e. The molecule has 7 heteroatoms. The SMILES string of the molecule is CCOC(=O)C1CNCCN1C(=O)Nc1ccc(Cl)cc1. The molecule has 1 heterocycles. The minimum atomic E-state index is -0.606. The highest BCUT2D eigenvalue weighted by atomic mass is 35.5. The van der Waals surface area contributed by atoms with Crippen molar-refractivity contribution in [3.8, 4) is 0 Å². The molecule has 1 aliphatic heterocycles. The van der Waals surface area contributed by atoms with Gasteiger partial charge in [0, 0.05) is 30.3 Å². The van der Waals surface area contributed by atoms with Crippen molar-refractivity contribution in [3.63, 3.8) is 0 Å². The summed E-state index contributed by atoms with van der Waals surface area (Å²) in [4.78, 5) is 25.7. The van der Waals surface area contributed by atoms with Crippen molar-refractivity contribution < 1.29 is 14.3 Å². The number of carbonyl (C=O) groups excluding carboxylic acids is 2. The molecule has 1 aromatic carbocycles. The van der Waals surface area contributed by atoms with Gasteiger partial charge < -0.3 is 20.3 Å². The van der Waals surface area contributed by atoms with Gasteiger partial charge in [-0.3, -0.25) is 0 Å². The predicted octanol–water partition coefficient (Wildman–Crippen LogP) is 1.71. The van der Waals surface area contributed by atoms with Crippen LogP contribution in [0.1, 0.15) is 6.92 Å². The van der Waals surface area contributed by atoms with Crippen molar-refractivity contribution in [1.82, 2.24) is 10.2 Å². The number of rotatable bonds is 3. The van der Waals surface area contributed by atoms with Crippen molar-refractivity contribution in [2.24, 2.45) is 0 Å². The Kier molecular flexibility index (Phi) is 5.41. The lowest BCUT2D eigenvalue weighted by atomic mass is 10.2. The summed E-state index contributed by atoms with van der Waals surface area (Å²) < 4.78 is 5.01. The molecule has 21 heavy (non-hydrogen) atoms. The van der Waals surface area contributed by atoms with Crippen LogP contribution in [0.2, 0.25) is 5.02 Å². The number of nitrogens with zero attached hydrogens (tertiary/aromatic N) is 1. The van der Waals surface area contributed by atoms with Crippen LogP contribution in [-0.4, -0.2) is 49.2 Å². The Labute approximate surface area is 128 Å². The van der Waals surface area contributed by atoms with E-state index >= 15 is 0 Å². The Hall–Kier alpha value is -1.79. The Balaban J connectivity index is 2.04. The zero-order valence-corrected chi connectivity index (χ0v) is 12.5. The van der Waals surface area contributed by atoms with E-state index in [2.05, 4.69) is 10.6 Å². The summed E-state index contributed by atoms with van der Waals surface area (Å²) in [6.07, 6.45) is 0. The molecule has 0 saturated carbocycles. The lowest BCUT2D eigenvalue weighted by Crippen LogP contribution is -2.58. The van der Waals surface area contributed by atoms with Crippen molar-refractivity contribution in [2.45, 2.75) is 13.0 Å². The number of esters is 1. The second kappa shape index (κ2) is 7.28. The van der Waals surface area contributed by atoms with E-state index in [4.69, 9.17) is 16.3 Å². The fraction of sp³-hybridized carbons (Fsp3) is 0.429. The van der Waals surface area contributed by atoms with Crippen LogP contribution in [0, 0.1) is 0 Å². The Morgan fingerprint density at radius 3 is 2.81 bits per heavy atom. The second-order valence-corrected chi connectivity index (χ2v) is 5.04. The molecule has 0 radical (unpaired) electrons. The number of piperazine rings is 1. The molecule has 0 bridgehead atoms. The zero-order chi connectivity index (χ0) is 15.2. The molecule has 1 aromatic rings. The molecule has 1 unspecified atom stereocenters. The number of anilines is 1. The van der Waals surface area contributed by atoms with Crippen molar-refractivity contribution >= 4 is 29.3 Å². The van der Waals surface area contributed by atoms with Crippen molar-refractivity contribution in [2.75, 3.05) is 31.6 Å². The van der Waals surface area contributed by atoms with Gasteiger partial charge in [-0.05, 0) is 31.2 Å². The van der Waals surface area contributed by atoms with E-state index in [0.29, 0.717) is 37.0 Å². The van der Waals surface area contributed by atoms with E-state index in [-0.39, 0.29) is 6.03 Å². The fourth-order valence-corrected chi connectivity index (χ4v) is 2.25. The summed E-state index contributed by atoms with van der Waals surface area (Å²) in [5, 5.41) is 6.45.